The third kappa shape index (κ3) is 5.28. The Morgan fingerprint density at radius 3 is 2.20 bits per heavy atom. The van der Waals surface area contributed by atoms with Gasteiger partial charge in [0.1, 0.15) is 12.4 Å². The predicted octanol–water partition coefficient (Wildman–Crippen LogP) is 1.81. The van der Waals surface area contributed by atoms with Gasteiger partial charge in [0, 0.05) is 6.54 Å². The quantitative estimate of drug-likeness (QED) is 0.811. The Morgan fingerprint density at radius 2 is 1.64 bits per heavy atom. The van der Waals surface area contributed by atoms with Crippen molar-refractivity contribution in [3.05, 3.63) is 66.0 Å². The lowest BCUT2D eigenvalue weighted by atomic mass is 10.2. The number of nitrogens with zero attached hydrogens (tertiary/aromatic N) is 1. The number of hydrogen-bond acceptors (Lipinski definition) is 4. The molecular formula is C16H15FN2O5S. The van der Waals surface area contributed by atoms with Crippen molar-refractivity contribution in [3.63, 3.8) is 0 Å². The van der Waals surface area contributed by atoms with Crippen LogP contribution in [0.4, 0.5) is 9.18 Å². The fourth-order valence-corrected chi connectivity index (χ4v) is 2.99. The van der Waals surface area contributed by atoms with E-state index in [1.807, 2.05) is 0 Å². The van der Waals surface area contributed by atoms with Gasteiger partial charge in [-0.05, 0) is 29.8 Å². The van der Waals surface area contributed by atoms with E-state index in [2.05, 4.69) is 0 Å². The van der Waals surface area contributed by atoms with E-state index in [4.69, 9.17) is 5.11 Å². The van der Waals surface area contributed by atoms with Crippen molar-refractivity contribution < 1.29 is 27.5 Å². The molecule has 7 nitrogen and oxygen atoms in total. The number of benzene rings is 2. The second-order valence-electron chi connectivity index (χ2n) is 5.10. The lowest BCUT2D eigenvalue weighted by Crippen LogP contribution is -2.44. The first-order valence-electron chi connectivity index (χ1n) is 7.11. The van der Waals surface area contributed by atoms with Gasteiger partial charge in [-0.2, -0.15) is 0 Å². The molecule has 2 aromatic carbocycles. The fourth-order valence-electron chi connectivity index (χ4n) is 2.02. The molecule has 2 amide bonds. The van der Waals surface area contributed by atoms with Crippen LogP contribution in [0.15, 0.2) is 59.5 Å². The molecule has 2 aromatic rings. The number of rotatable bonds is 6. The highest BCUT2D eigenvalue weighted by atomic mass is 32.2. The number of carboxylic acid groups (broad SMARTS) is 1. The Balaban J connectivity index is 2.18. The molecule has 0 saturated heterocycles. The molecule has 0 saturated carbocycles. The Bertz CT molecular complexity index is 854. The predicted molar refractivity (Wildman–Crippen MR) is 86.6 cm³/mol. The highest BCUT2D eigenvalue weighted by Gasteiger charge is 2.23. The van der Waals surface area contributed by atoms with Crippen LogP contribution in [0.5, 0.6) is 0 Å². The van der Waals surface area contributed by atoms with Crippen molar-refractivity contribution in [2.45, 2.75) is 11.4 Å². The number of hydrogen-bond donors (Lipinski definition) is 2. The van der Waals surface area contributed by atoms with Gasteiger partial charge in [0.25, 0.3) is 10.0 Å². The summed E-state index contributed by atoms with van der Waals surface area (Å²) in [6, 6.07) is 11.3. The minimum atomic E-state index is -4.25. The van der Waals surface area contributed by atoms with Gasteiger partial charge in [0.15, 0.2) is 0 Å². The largest absolute Gasteiger partial charge is 0.480 e. The van der Waals surface area contributed by atoms with E-state index in [0.29, 0.717) is 5.56 Å². The van der Waals surface area contributed by atoms with Gasteiger partial charge in [0.2, 0.25) is 0 Å². The number of sulfonamides is 1. The van der Waals surface area contributed by atoms with Crippen LogP contribution in [-0.4, -0.2) is 37.0 Å². The maximum absolute atomic E-state index is 12.9. The van der Waals surface area contributed by atoms with Crippen molar-refractivity contribution in [1.82, 2.24) is 9.62 Å². The van der Waals surface area contributed by atoms with Crippen LogP contribution < -0.4 is 4.72 Å². The summed E-state index contributed by atoms with van der Waals surface area (Å²) < 4.78 is 39.0. The van der Waals surface area contributed by atoms with E-state index in [1.165, 1.54) is 0 Å². The smallest absolute Gasteiger partial charge is 0.332 e. The summed E-state index contributed by atoms with van der Waals surface area (Å²) in [4.78, 5) is 23.7. The van der Waals surface area contributed by atoms with Crippen LogP contribution in [0, 0.1) is 5.82 Å². The van der Waals surface area contributed by atoms with E-state index >= 15 is 0 Å². The second-order valence-corrected chi connectivity index (χ2v) is 6.78. The zero-order valence-electron chi connectivity index (χ0n) is 12.9. The van der Waals surface area contributed by atoms with E-state index in [1.54, 1.807) is 35.1 Å². The highest BCUT2D eigenvalue weighted by Crippen LogP contribution is 2.11. The molecule has 25 heavy (non-hydrogen) atoms. The van der Waals surface area contributed by atoms with Gasteiger partial charge in [0.05, 0.1) is 4.90 Å². The molecule has 0 fully saturated rings. The van der Waals surface area contributed by atoms with Gasteiger partial charge < -0.3 is 10.0 Å². The van der Waals surface area contributed by atoms with E-state index in [-0.39, 0.29) is 11.4 Å². The first-order chi connectivity index (χ1) is 11.8. The summed E-state index contributed by atoms with van der Waals surface area (Å²) in [5, 5.41) is 8.94. The van der Waals surface area contributed by atoms with Gasteiger partial charge in [-0.3, -0.25) is 4.79 Å². The minimum absolute atomic E-state index is 0.0854. The Kier molecular flexibility index (Phi) is 5.71. The van der Waals surface area contributed by atoms with Crippen molar-refractivity contribution in [2.75, 3.05) is 6.54 Å². The minimum Gasteiger partial charge on any atom is -0.480 e. The highest BCUT2D eigenvalue weighted by molar-refractivity contribution is 7.90. The number of nitrogens with one attached hydrogen (secondary N) is 1. The standard InChI is InChI=1S/C16H15FN2O5S/c17-13-6-8-14(9-7-13)25(23,24)18-16(22)19(11-15(20)21)10-12-4-2-1-3-5-12/h1-9H,10-11H2,(H,18,22)(H,20,21). The number of urea groups is 1. The second kappa shape index (κ2) is 7.75. The molecule has 2 N–H and O–H groups in total. The summed E-state index contributed by atoms with van der Waals surface area (Å²) in [6.07, 6.45) is 0. The van der Waals surface area contributed by atoms with Crippen LogP contribution >= 0.6 is 0 Å². The molecule has 0 aliphatic heterocycles. The normalized spacial score (nSPS) is 10.9. The Hall–Kier alpha value is -2.94. The molecule has 0 aliphatic carbocycles. The number of halogens is 1. The Morgan fingerprint density at radius 1 is 1.04 bits per heavy atom. The van der Waals surface area contributed by atoms with Gasteiger partial charge in [-0.1, -0.05) is 30.3 Å². The number of amides is 2. The summed E-state index contributed by atoms with van der Waals surface area (Å²) in [5.41, 5.74) is 0.637. The SMILES string of the molecule is O=C(O)CN(Cc1ccccc1)C(=O)NS(=O)(=O)c1ccc(F)cc1. The van der Waals surface area contributed by atoms with Crippen molar-refractivity contribution >= 4 is 22.0 Å². The molecule has 0 aromatic heterocycles. The average Bonchev–Trinajstić information content (AvgIpc) is 2.55. The molecule has 132 valence electrons. The zero-order chi connectivity index (χ0) is 18.4. The summed E-state index contributed by atoms with van der Waals surface area (Å²) >= 11 is 0. The number of carbonyl (C=O) groups excluding carboxylic acids is 1. The summed E-state index contributed by atoms with van der Waals surface area (Å²) in [5.74, 6) is -1.91. The molecule has 0 atom stereocenters. The molecular weight excluding hydrogens is 351 g/mol. The van der Waals surface area contributed by atoms with Gasteiger partial charge >= 0.3 is 12.0 Å². The fraction of sp³-hybridized carbons (Fsp3) is 0.125. The van der Waals surface area contributed by atoms with E-state index in [0.717, 1.165) is 29.2 Å². The number of aliphatic carboxylic acids is 1. The summed E-state index contributed by atoms with van der Waals surface area (Å²) in [6.45, 7) is -0.766. The lowest BCUT2D eigenvalue weighted by Gasteiger charge is -2.21. The van der Waals surface area contributed by atoms with E-state index < -0.39 is 34.4 Å². The van der Waals surface area contributed by atoms with Gasteiger partial charge in [-0.15, -0.1) is 0 Å². The maximum atomic E-state index is 12.9. The molecule has 0 spiro atoms. The third-order valence-corrected chi connectivity index (χ3v) is 4.51. The monoisotopic (exact) mass is 366 g/mol. The number of carbonyl (C=O) groups is 2. The van der Waals surface area contributed by atoms with E-state index in [9.17, 15) is 22.4 Å². The topological polar surface area (TPSA) is 104 Å². The van der Waals surface area contributed by atoms with Crippen LogP contribution in [-0.2, 0) is 21.4 Å². The maximum Gasteiger partial charge on any atom is 0.332 e. The van der Waals surface area contributed by atoms with Crippen LogP contribution in [0.2, 0.25) is 0 Å². The summed E-state index contributed by atoms with van der Waals surface area (Å²) in [7, 11) is -4.25. The molecule has 0 heterocycles. The first-order valence-corrected chi connectivity index (χ1v) is 8.59. The average molecular weight is 366 g/mol. The molecule has 9 heteroatoms. The van der Waals surface area contributed by atoms with Crippen molar-refractivity contribution in [3.8, 4) is 0 Å². The van der Waals surface area contributed by atoms with Crippen LogP contribution in [0.3, 0.4) is 0 Å². The van der Waals surface area contributed by atoms with Crippen LogP contribution in [0.1, 0.15) is 5.56 Å². The molecule has 0 radical (unpaired) electrons. The first kappa shape index (κ1) is 18.4. The number of carboxylic acids is 1. The van der Waals surface area contributed by atoms with Crippen LogP contribution in [0.25, 0.3) is 0 Å². The van der Waals surface area contributed by atoms with Gasteiger partial charge in [-0.25, -0.2) is 22.3 Å². The Labute approximate surface area is 143 Å². The molecule has 0 bridgehead atoms. The van der Waals surface area contributed by atoms with Crippen molar-refractivity contribution in [1.29, 1.82) is 0 Å². The van der Waals surface area contributed by atoms with Crippen molar-refractivity contribution in [2.24, 2.45) is 0 Å². The molecule has 0 aliphatic rings. The third-order valence-electron chi connectivity index (χ3n) is 3.18. The molecule has 2 rings (SSSR count). The lowest BCUT2D eigenvalue weighted by molar-refractivity contribution is -0.137. The molecule has 0 unspecified atom stereocenters. The zero-order valence-corrected chi connectivity index (χ0v) is 13.7.